The van der Waals surface area contributed by atoms with Crippen molar-refractivity contribution in [2.45, 2.75) is 18.9 Å². The smallest absolute Gasteiger partial charge is 0.407 e. The number of nitrogens with zero attached hydrogens (tertiary/aromatic N) is 2. The summed E-state index contributed by atoms with van der Waals surface area (Å²) in [6.07, 6.45) is 0.560. The summed E-state index contributed by atoms with van der Waals surface area (Å²) in [6.45, 7) is 0.495. The predicted molar refractivity (Wildman–Crippen MR) is 80.4 cm³/mol. The van der Waals surface area contributed by atoms with E-state index in [0.29, 0.717) is 17.1 Å². The van der Waals surface area contributed by atoms with Gasteiger partial charge in [0.15, 0.2) is 0 Å². The number of hydrogen-bond acceptors (Lipinski definition) is 5. The molecule has 1 aliphatic heterocycles. The highest BCUT2D eigenvalue weighted by atomic mass is 32.1. The second-order valence-corrected chi connectivity index (χ2v) is 5.97. The third-order valence-corrected chi connectivity index (χ3v) is 4.59. The summed E-state index contributed by atoms with van der Waals surface area (Å²) in [7, 11) is 0. The van der Waals surface area contributed by atoms with E-state index in [2.05, 4.69) is 4.98 Å². The Balaban J connectivity index is 1.85. The van der Waals surface area contributed by atoms with Crippen LogP contribution >= 0.6 is 11.3 Å². The quantitative estimate of drug-likeness (QED) is 0.849. The van der Waals surface area contributed by atoms with Gasteiger partial charge in [0.05, 0.1) is 6.04 Å². The molecule has 2 heterocycles. The molecule has 0 unspecified atom stereocenters. The van der Waals surface area contributed by atoms with E-state index in [4.69, 9.17) is 0 Å². The van der Waals surface area contributed by atoms with Gasteiger partial charge in [0.25, 0.3) is 0 Å². The van der Waals surface area contributed by atoms with Crippen LogP contribution in [0.1, 0.15) is 39.9 Å². The van der Waals surface area contributed by atoms with E-state index in [1.807, 2.05) is 0 Å². The first-order valence-corrected chi connectivity index (χ1v) is 7.73. The normalized spacial score (nSPS) is 17.6. The number of likely N-dealkylation sites (tertiary alicyclic amines) is 1. The van der Waals surface area contributed by atoms with Crippen LogP contribution in [0, 0.1) is 0 Å². The third kappa shape index (κ3) is 2.67. The summed E-state index contributed by atoms with van der Waals surface area (Å²) in [6, 6.07) is 5.82. The van der Waals surface area contributed by atoms with E-state index in [9.17, 15) is 19.8 Å². The van der Waals surface area contributed by atoms with Crippen molar-refractivity contribution < 1.29 is 19.8 Å². The summed E-state index contributed by atoms with van der Waals surface area (Å²) in [4.78, 5) is 29.2. The Morgan fingerprint density at radius 2 is 2.18 bits per heavy atom. The van der Waals surface area contributed by atoms with Crippen molar-refractivity contribution in [3.63, 3.8) is 0 Å². The van der Waals surface area contributed by atoms with Crippen LogP contribution in [0.2, 0.25) is 0 Å². The van der Waals surface area contributed by atoms with Crippen molar-refractivity contribution >= 4 is 23.2 Å². The van der Waals surface area contributed by atoms with Crippen LogP contribution in [0.4, 0.5) is 4.79 Å². The van der Waals surface area contributed by atoms with Crippen LogP contribution in [0.25, 0.3) is 0 Å². The number of ketones is 1. The number of carbonyl (C=O) groups excluding carboxylic acids is 1. The lowest BCUT2D eigenvalue weighted by molar-refractivity contribution is 0.103. The third-order valence-electron chi connectivity index (χ3n) is 3.65. The Morgan fingerprint density at radius 3 is 2.91 bits per heavy atom. The number of hydrogen-bond donors (Lipinski definition) is 2. The molecule has 1 atom stereocenters. The molecule has 2 N–H and O–H groups in total. The van der Waals surface area contributed by atoms with E-state index >= 15 is 0 Å². The zero-order valence-electron chi connectivity index (χ0n) is 11.6. The monoisotopic (exact) mass is 318 g/mol. The fraction of sp³-hybridized carbons (Fsp3) is 0.267. The maximum Gasteiger partial charge on any atom is 0.407 e. The van der Waals surface area contributed by atoms with E-state index in [1.165, 1.54) is 28.4 Å². The lowest BCUT2D eigenvalue weighted by Gasteiger charge is -2.18. The van der Waals surface area contributed by atoms with Gasteiger partial charge in [-0.2, -0.15) is 0 Å². The lowest BCUT2D eigenvalue weighted by Crippen LogP contribution is -2.28. The molecule has 2 aromatic rings. The molecule has 1 fully saturated rings. The van der Waals surface area contributed by atoms with Gasteiger partial charge in [-0.05, 0) is 25.0 Å². The molecule has 1 aromatic carbocycles. The fourth-order valence-electron chi connectivity index (χ4n) is 2.59. The zero-order valence-corrected chi connectivity index (χ0v) is 12.4. The Hall–Kier alpha value is -2.41. The van der Waals surface area contributed by atoms with E-state index in [1.54, 1.807) is 17.5 Å². The van der Waals surface area contributed by atoms with Crippen LogP contribution in [-0.4, -0.2) is 38.5 Å². The van der Waals surface area contributed by atoms with Crippen molar-refractivity contribution in [2.75, 3.05) is 6.54 Å². The molecule has 0 aliphatic carbocycles. The summed E-state index contributed by atoms with van der Waals surface area (Å²) >= 11 is 1.30. The Kier molecular flexibility index (Phi) is 3.81. The largest absolute Gasteiger partial charge is 0.508 e. The summed E-state index contributed by atoms with van der Waals surface area (Å²) in [5.41, 5.74) is 0.640. The molecule has 0 radical (unpaired) electrons. The first-order valence-electron chi connectivity index (χ1n) is 6.85. The maximum absolute atomic E-state index is 12.3. The molecule has 1 aliphatic rings. The van der Waals surface area contributed by atoms with Crippen molar-refractivity contribution in [3.05, 3.63) is 45.9 Å². The zero-order chi connectivity index (χ0) is 15.7. The van der Waals surface area contributed by atoms with Crippen molar-refractivity contribution in [2.24, 2.45) is 0 Å². The van der Waals surface area contributed by atoms with Crippen molar-refractivity contribution in [1.82, 2.24) is 9.88 Å². The van der Waals surface area contributed by atoms with Crippen LogP contribution in [-0.2, 0) is 0 Å². The highest BCUT2D eigenvalue weighted by molar-refractivity contribution is 7.10. The number of carbonyl (C=O) groups is 2. The topological polar surface area (TPSA) is 90.7 Å². The van der Waals surface area contributed by atoms with Crippen LogP contribution in [0.5, 0.6) is 5.75 Å². The number of amides is 1. The molecule has 1 saturated heterocycles. The molecule has 3 rings (SSSR count). The number of phenolic OH excluding ortho intramolecular Hbond substituents is 1. The minimum Gasteiger partial charge on any atom is -0.508 e. The number of aromatic hydroxyl groups is 1. The minimum absolute atomic E-state index is 0.0224. The van der Waals surface area contributed by atoms with Crippen molar-refractivity contribution in [3.8, 4) is 5.75 Å². The van der Waals surface area contributed by atoms with Gasteiger partial charge in [-0.15, -0.1) is 11.3 Å². The van der Waals surface area contributed by atoms with E-state index in [0.717, 1.165) is 12.8 Å². The van der Waals surface area contributed by atoms with Crippen LogP contribution < -0.4 is 0 Å². The molecule has 1 amide bonds. The molecular formula is C15H14N2O4S. The second-order valence-electron chi connectivity index (χ2n) is 5.08. The van der Waals surface area contributed by atoms with Gasteiger partial charge in [-0.25, -0.2) is 9.78 Å². The molecular weight excluding hydrogens is 304 g/mol. The Morgan fingerprint density at radius 1 is 1.36 bits per heavy atom. The second kappa shape index (κ2) is 5.76. The molecule has 1 aromatic heterocycles. The molecule has 114 valence electrons. The molecule has 7 heteroatoms. The first-order chi connectivity index (χ1) is 10.6. The number of thiazole rings is 1. The van der Waals surface area contributed by atoms with Gasteiger partial charge in [-0.1, -0.05) is 12.1 Å². The Bertz CT molecular complexity index is 728. The first kappa shape index (κ1) is 14.5. The molecule has 0 saturated carbocycles. The Labute approximate surface area is 130 Å². The summed E-state index contributed by atoms with van der Waals surface area (Å²) < 4.78 is 0. The lowest BCUT2D eigenvalue weighted by atomic mass is 10.1. The highest BCUT2D eigenvalue weighted by Crippen LogP contribution is 2.34. The SMILES string of the molecule is O=C(c1cccc(O)c1)c1csc([C@@H]2CCCN2C(=O)O)n1. The minimum atomic E-state index is -0.960. The van der Waals surface area contributed by atoms with Crippen molar-refractivity contribution in [1.29, 1.82) is 0 Å². The van der Waals surface area contributed by atoms with Crippen LogP contribution in [0.3, 0.4) is 0 Å². The van der Waals surface area contributed by atoms with Gasteiger partial charge in [-0.3, -0.25) is 9.69 Å². The summed E-state index contributed by atoms with van der Waals surface area (Å²) in [5, 5.41) is 20.9. The standard InChI is InChI=1S/C15H14N2O4S/c18-10-4-1-3-9(7-10)13(19)11-8-22-14(16-11)12-5-2-6-17(12)15(20)21/h1,3-4,7-8,12,18H,2,5-6H2,(H,20,21)/t12-/m0/s1. The molecule has 6 nitrogen and oxygen atoms in total. The van der Waals surface area contributed by atoms with Gasteiger partial charge < -0.3 is 10.2 Å². The van der Waals surface area contributed by atoms with Crippen LogP contribution in [0.15, 0.2) is 29.6 Å². The molecule has 0 spiro atoms. The van der Waals surface area contributed by atoms with E-state index < -0.39 is 6.09 Å². The fourth-order valence-corrected chi connectivity index (χ4v) is 3.54. The number of phenols is 1. The number of benzene rings is 1. The van der Waals surface area contributed by atoms with E-state index in [-0.39, 0.29) is 23.3 Å². The average molecular weight is 318 g/mol. The maximum atomic E-state index is 12.3. The number of aromatic nitrogens is 1. The molecule has 0 bridgehead atoms. The van der Waals surface area contributed by atoms with Gasteiger partial charge >= 0.3 is 6.09 Å². The predicted octanol–water partition coefficient (Wildman–Crippen LogP) is 2.89. The average Bonchev–Trinajstić information content (AvgIpc) is 3.15. The van der Waals surface area contributed by atoms with Gasteiger partial charge in [0.2, 0.25) is 5.78 Å². The number of carboxylic acid groups (broad SMARTS) is 1. The van der Waals surface area contributed by atoms with Gasteiger partial charge in [0, 0.05) is 17.5 Å². The summed E-state index contributed by atoms with van der Waals surface area (Å²) in [5.74, 6) is -0.257. The highest BCUT2D eigenvalue weighted by Gasteiger charge is 2.32. The number of rotatable bonds is 3. The molecule has 22 heavy (non-hydrogen) atoms. The van der Waals surface area contributed by atoms with Gasteiger partial charge in [0.1, 0.15) is 16.5 Å².